The molecule has 1 unspecified atom stereocenters. The van der Waals surface area contributed by atoms with Gasteiger partial charge in [0.05, 0.1) is 11.0 Å². The smallest absolute Gasteiger partial charge is 0.326 e. The summed E-state index contributed by atoms with van der Waals surface area (Å²) in [5.41, 5.74) is 0. The largest absolute Gasteiger partial charge is 0.480 e. The van der Waals surface area contributed by atoms with Crippen molar-refractivity contribution in [2.45, 2.75) is 31.6 Å². The van der Waals surface area contributed by atoms with Crippen LogP contribution in [0.1, 0.15) is 20.3 Å². The predicted molar refractivity (Wildman–Crippen MR) is 54.2 cm³/mol. The zero-order chi connectivity index (χ0) is 12.1. The van der Waals surface area contributed by atoms with Gasteiger partial charge in [-0.05, 0) is 20.3 Å². The molecule has 7 heteroatoms. The summed E-state index contributed by atoms with van der Waals surface area (Å²) in [6.45, 7) is 3.05. The second-order valence-electron chi connectivity index (χ2n) is 3.38. The molecule has 0 aromatic rings. The normalized spacial score (nSPS) is 13.5. The van der Waals surface area contributed by atoms with Crippen LogP contribution in [0.5, 0.6) is 0 Å². The van der Waals surface area contributed by atoms with Gasteiger partial charge in [-0.15, -0.1) is 0 Å². The van der Waals surface area contributed by atoms with E-state index in [1.165, 1.54) is 13.8 Å². The van der Waals surface area contributed by atoms with Gasteiger partial charge in [-0.1, -0.05) is 0 Å². The lowest BCUT2D eigenvalue weighted by Gasteiger charge is -2.12. The lowest BCUT2D eigenvalue weighted by molar-refractivity contribution is -0.140. The molecule has 0 aromatic heterocycles. The molecule has 0 rings (SSSR count). The van der Waals surface area contributed by atoms with Crippen molar-refractivity contribution < 1.29 is 23.1 Å². The van der Waals surface area contributed by atoms with Crippen molar-refractivity contribution >= 4 is 22.2 Å². The number of carbonyl (C=O) groups is 2. The molecule has 0 saturated heterocycles. The Morgan fingerprint density at radius 3 is 2.33 bits per heavy atom. The molecular weight excluding hydrogens is 222 g/mol. The highest BCUT2D eigenvalue weighted by Crippen LogP contribution is 2.04. The van der Waals surface area contributed by atoms with Crippen LogP contribution in [0.4, 0.5) is 0 Å². The van der Waals surface area contributed by atoms with Gasteiger partial charge in [-0.3, -0.25) is 4.79 Å². The summed E-state index contributed by atoms with van der Waals surface area (Å²) in [7, 11) is -3.26. The van der Waals surface area contributed by atoms with Gasteiger partial charge >= 0.3 is 5.97 Å². The van der Waals surface area contributed by atoms with E-state index >= 15 is 0 Å². The molecule has 0 aliphatic rings. The Bertz CT molecular complexity index is 322. The first-order chi connectivity index (χ1) is 6.81. The van der Waals surface area contributed by atoms with Gasteiger partial charge in [0.15, 0.2) is 9.84 Å². The zero-order valence-corrected chi connectivity index (χ0v) is 9.45. The maximum atomic E-state index is 11.4. The van der Waals surface area contributed by atoms with Crippen molar-refractivity contribution in [2.75, 3.05) is 5.75 Å². The van der Waals surface area contributed by atoms with Crippen LogP contribution in [0.15, 0.2) is 0 Å². The lowest BCUT2D eigenvalue weighted by atomic mass is 10.2. The van der Waals surface area contributed by atoms with Crippen LogP contribution in [-0.4, -0.2) is 42.9 Å². The molecule has 0 aromatic carbocycles. The van der Waals surface area contributed by atoms with Crippen LogP contribution >= 0.6 is 0 Å². The monoisotopic (exact) mass is 237 g/mol. The molecule has 0 radical (unpaired) electrons. The van der Waals surface area contributed by atoms with Crippen molar-refractivity contribution in [3.63, 3.8) is 0 Å². The quantitative estimate of drug-likeness (QED) is 0.576. The minimum Gasteiger partial charge on any atom is -0.480 e. The molecule has 15 heavy (non-hydrogen) atoms. The van der Waals surface area contributed by atoms with E-state index in [0.29, 0.717) is 0 Å². The molecule has 0 aliphatic heterocycles. The number of carboxylic acid groups (broad SMARTS) is 1. The SMILES string of the molecule is CC(C)S(=O)(=O)CCC(NC=O)C(=O)O. The fraction of sp³-hybridized carbons (Fsp3) is 0.750. The summed E-state index contributed by atoms with van der Waals surface area (Å²) < 4.78 is 22.7. The fourth-order valence-electron chi connectivity index (χ4n) is 0.878. The highest BCUT2D eigenvalue weighted by atomic mass is 32.2. The Morgan fingerprint density at radius 1 is 1.47 bits per heavy atom. The third-order valence-corrected chi connectivity index (χ3v) is 4.22. The van der Waals surface area contributed by atoms with E-state index in [4.69, 9.17) is 5.11 Å². The van der Waals surface area contributed by atoms with Crippen LogP contribution in [0.25, 0.3) is 0 Å². The second kappa shape index (κ2) is 5.69. The lowest BCUT2D eigenvalue weighted by Crippen LogP contribution is -2.37. The molecule has 0 spiro atoms. The molecule has 0 heterocycles. The standard InChI is InChI=1S/C8H15NO5S/c1-6(2)15(13,14)4-3-7(8(11)12)9-5-10/h5-7H,3-4H2,1-2H3,(H,9,10)(H,11,12). The number of amides is 1. The van der Waals surface area contributed by atoms with Crippen molar-refractivity contribution in [1.29, 1.82) is 0 Å². The average Bonchev–Trinajstić information content (AvgIpc) is 2.11. The Morgan fingerprint density at radius 2 is 2.00 bits per heavy atom. The topological polar surface area (TPSA) is 101 Å². The molecule has 0 bridgehead atoms. The van der Waals surface area contributed by atoms with E-state index in [9.17, 15) is 18.0 Å². The summed E-state index contributed by atoms with van der Waals surface area (Å²) >= 11 is 0. The summed E-state index contributed by atoms with van der Waals surface area (Å²) in [6, 6.07) is -1.14. The van der Waals surface area contributed by atoms with Gasteiger partial charge in [-0.2, -0.15) is 0 Å². The van der Waals surface area contributed by atoms with E-state index in [-0.39, 0.29) is 18.6 Å². The van der Waals surface area contributed by atoms with E-state index in [1.807, 2.05) is 5.32 Å². The van der Waals surface area contributed by atoms with Gasteiger partial charge in [-0.25, -0.2) is 13.2 Å². The number of carboxylic acids is 1. The van der Waals surface area contributed by atoms with E-state index in [2.05, 4.69) is 0 Å². The Balaban J connectivity index is 4.34. The summed E-state index contributed by atoms with van der Waals surface area (Å²) in [4.78, 5) is 20.6. The average molecular weight is 237 g/mol. The molecule has 88 valence electrons. The van der Waals surface area contributed by atoms with Crippen molar-refractivity contribution in [3.8, 4) is 0 Å². The maximum absolute atomic E-state index is 11.4. The predicted octanol–water partition coefficient (Wildman–Crippen LogP) is -0.601. The maximum Gasteiger partial charge on any atom is 0.326 e. The highest BCUT2D eigenvalue weighted by Gasteiger charge is 2.22. The molecule has 2 N–H and O–H groups in total. The number of hydrogen-bond donors (Lipinski definition) is 2. The molecule has 1 atom stereocenters. The molecule has 0 saturated carbocycles. The molecule has 1 amide bonds. The first-order valence-electron chi connectivity index (χ1n) is 4.45. The number of rotatable bonds is 7. The summed E-state index contributed by atoms with van der Waals surface area (Å²) in [5, 5.41) is 10.1. The number of carbonyl (C=O) groups excluding carboxylic acids is 1. The fourth-order valence-corrected chi connectivity index (χ4v) is 1.91. The van der Waals surface area contributed by atoms with Crippen LogP contribution in [-0.2, 0) is 19.4 Å². The minimum atomic E-state index is -3.26. The number of nitrogens with one attached hydrogen (secondary N) is 1. The van der Waals surface area contributed by atoms with Crippen LogP contribution < -0.4 is 5.32 Å². The number of aliphatic carboxylic acids is 1. The van der Waals surface area contributed by atoms with Crippen molar-refractivity contribution in [2.24, 2.45) is 0 Å². The number of sulfone groups is 1. The first kappa shape index (κ1) is 13.9. The third kappa shape index (κ3) is 4.78. The van der Waals surface area contributed by atoms with Crippen LogP contribution in [0.2, 0.25) is 0 Å². The number of hydrogen-bond acceptors (Lipinski definition) is 4. The van der Waals surface area contributed by atoms with E-state index in [1.54, 1.807) is 0 Å². The zero-order valence-electron chi connectivity index (χ0n) is 8.63. The Hall–Kier alpha value is -1.11. The first-order valence-corrected chi connectivity index (χ1v) is 6.17. The highest BCUT2D eigenvalue weighted by molar-refractivity contribution is 7.91. The molecule has 0 fully saturated rings. The van der Waals surface area contributed by atoms with E-state index < -0.39 is 27.1 Å². The van der Waals surface area contributed by atoms with Gasteiger partial charge in [0.1, 0.15) is 6.04 Å². The molecular formula is C8H15NO5S. The van der Waals surface area contributed by atoms with Gasteiger partial charge in [0.2, 0.25) is 6.41 Å². The minimum absolute atomic E-state index is 0.116. The van der Waals surface area contributed by atoms with Crippen molar-refractivity contribution in [1.82, 2.24) is 5.32 Å². The summed E-state index contributed by atoms with van der Waals surface area (Å²) in [5.74, 6) is -1.48. The second-order valence-corrected chi connectivity index (χ2v) is 6.06. The van der Waals surface area contributed by atoms with E-state index in [0.717, 1.165) is 0 Å². The molecule has 6 nitrogen and oxygen atoms in total. The molecule has 0 aliphatic carbocycles. The summed E-state index contributed by atoms with van der Waals surface area (Å²) in [6.07, 6.45) is 0.134. The van der Waals surface area contributed by atoms with Crippen LogP contribution in [0.3, 0.4) is 0 Å². The van der Waals surface area contributed by atoms with Gasteiger partial charge in [0.25, 0.3) is 0 Å². The van der Waals surface area contributed by atoms with Crippen LogP contribution in [0, 0.1) is 0 Å². The van der Waals surface area contributed by atoms with Crippen molar-refractivity contribution in [3.05, 3.63) is 0 Å². The third-order valence-electron chi connectivity index (χ3n) is 1.98. The van der Waals surface area contributed by atoms with Gasteiger partial charge < -0.3 is 10.4 Å². The Kier molecular flexibility index (Phi) is 5.27. The van der Waals surface area contributed by atoms with Gasteiger partial charge in [0, 0.05) is 0 Å². The Labute approximate surface area is 88.6 Å².